The van der Waals surface area contributed by atoms with Gasteiger partial charge in [0.1, 0.15) is 0 Å². The molecule has 3 nitrogen and oxygen atoms in total. The third kappa shape index (κ3) is 3.82. The van der Waals surface area contributed by atoms with E-state index in [-0.39, 0.29) is 12.1 Å². The molecule has 0 aromatic heterocycles. The maximum absolute atomic E-state index is 5.71. The smallest absolute Gasteiger partial charge is 0.0317 e. The Morgan fingerprint density at radius 3 is 2.20 bits per heavy atom. The lowest BCUT2D eigenvalue weighted by Gasteiger charge is -2.17. The Morgan fingerprint density at radius 1 is 1.20 bits per heavy atom. The van der Waals surface area contributed by atoms with Crippen LogP contribution in [0.4, 0.5) is 0 Å². The molecule has 0 aliphatic rings. The van der Waals surface area contributed by atoms with E-state index in [0.717, 1.165) is 12.8 Å². The second kappa shape index (κ2) is 5.65. The standard InChI is InChI=1S/C7H19N3/c1-2-3-4-6(9)7(10)5-8/h6-7H,2-5,8-10H2,1H3. The monoisotopic (exact) mass is 145 g/mol. The zero-order chi connectivity index (χ0) is 7.98. The molecule has 0 radical (unpaired) electrons. The average Bonchev–Trinajstić information content (AvgIpc) is 1.98. The van der Waals surface area contributed by atoms with Crippen LogP contribution >= 0.6 is 0 Å². The summed E-state index contributed by atoms with van der Waals surface area (Å²) in [7, 11) is 0. The van der Waals surface area contributed by atoms with Crippen LogP contribution in [0.2, 0.25) is 0 Å². The third-order valence-electron chi connectivity index (χ3n) is 1.71. The van der Waals surface area contributed by atoms with Gasteiger partial charge in [-0.3, -0.25) is 0 Å². The van der Waals surface area contributed by atoms with Gasteiger partial charge in [0.25, 0.3) is 0 Å². The summed E-state index contributed by atoms with van der Waals surface area (Å²) in [6.45, 7) is 2.63. The molecule has 0 aromatic carbocycles. The van der Waals surface area contributed by atoms with Gasteiger partial charge in [-0.2, -0.15) is 0 Å². The van der Waals surface area contributed by atoms with E-state index in [1.54, 1.807) is 0 Å². The van der Waals surface area contributed by atoms with Crippen molar-refractivity contribution in [1.29, 1.82) is 0 Å². The van der Waals surface area contributed by atoms with Crippen molar-refractivity contribution in [2.24, 2.45) is 17.2 Å². The summed E-state index contributed by atoms with van der Waals surface area (Å²) in [6.07, 6.45) is 3.31. The largest absolute Gasteiger partial charge is 0.329 e. The molecular formula is C7H19N3. The molecule has 0 aliphatic heterocycles. The molecule has 0 spiro atoms. The van der Waals surface area contributed by atoms with Crippen molar-refractivity contribution in [2.75, 3.05) is 6.54 Å². The molecule has 0 saturated heterocycles. The number of rotatable bonds is 5. The number of hydrogen-bond donors (Lipinski definition) is 3. The second-order valence-corrected chi connectivity index (χ2v) is 2.71. The summed E-state index contributed by atoms with van der Waals surface area (Å²) in [5.41, 5.74) is 16.7. The van der Waals surface area contributed by atoms with Crippen molar-refractivity contribution in [2.45, 2.75) is 38.3 Å². The molecule has 2 unspecified atom stereocenters. The topological polar surface area (TPSA) is 78.1 Å². The Balaban J connectivity index is 3.31. The van der Waals surface area contributed by atoms with Gasteiger partial charge in [0.2, 0.25) is 0 Å². The highest BCUT2D eigenvalue weighted by molar-refractivity contribution is 4.75. The molecule has 0 aromatic rings. The van der Waals surface area contributed by atoms with Gasteiger partial charge >= 0.3 is 0 Å². The van der Waals surface area contributed by atoms with Gasteiger partial charge in [-0.15, -0.1) is 0 Å². The molecule has 0 amide bonds. The van der Waals surface area contributed by atoms with E-state index in [9.17, 15) is 0 Å². The van der Waals surface area contributed by atoms with E-state index in [4.69, 9.17) is 17.2 Å². The molecule has 0 bridgehead atoms. The molecule has 0 aliphatic carbocycles. The van der Waals surface area contributed by atoms with Gasteiger partial charge in [0, 0.05) is 18.6 Å². The Kier molecular flexibility index (Phi) is 5.58. The van der Waals surface area contributed by atoms with Crippen LogP contribution in [0.3, 0.4) is 0 Å². The van der Waals surface area contributed by atoms with E-state index in [1.807, 2.05) is 0 Å². The molecule has 6 N–H and O–H groups in total. The van der Waals surface area contributed by atoms with E-state index < -0.39 is 0 Å². The summed E-state index contributed by atoms with van der Waals surface area (Å²) in [5, 5.41) is 0. The minimum atomic E-state index is -0.0217. The highest BCUT2D eigenvalue weighted by Gasteiger charge is 2.09. The fourth-order valence-electron chi connectivity index (χ4n) is 0.829. The van der Waals surface area contributed by atoms with Crippen molar-refractivity contribution in [3.05, 3.63) is 0 Å². The van der Waals surface area contributed by atoms with Crippen molar-refractivity contribution in [3.8, 4) is 0 Å². The van der Waals surface area contributed by atoms with Crippen LogP contribution < -0.4 is 17.2 Å². The third-order valence-corrected chi connectivity index (χ3v) is 1.71. The highest BCUT2D eigenvalue weighted by atomic mass is 14.8. The summed E-state index contributed by atoms with van der Waals surface area (Å²) < 4.78 is 0. The zero-order valence-corrected chi connectivity index (χ0v) is 6.72. The van der Waals surface area contributed by atoms with Crippen LogP contribution in [0.15, 0.2) is 0 Å². The van der Waals surface area contributed by atoms with Gasteiger partial charge in [0.05, 0.1) is 0 Å². The molecule has 10 heavy (non-hydrogen) atoms. The molecule has 0 rings (SSSR count). The van der Waals surface area contributed by atoms with E-state index in [0.29, 0.717) is 6.54 Å². The lowest BCUT2D eigenvalue weighted by atomic mass is 10.0. The lowest BCUT2D eigenvalue weighted by molar-refractivity contribution is 0.484. The normalized spacial score (nSPS) is 16.8. The van der Waals surface area contributed by atoms with Crippen molar-refractivity contribution in [3.63, 3.8) is 0 Å². The van der Waals surface area contributed by atoms with E-state index in [1.165, 1.54) is 6.42 Å². The van der Waals surface area contributed by atoms with Gasteiger partial charge < -0.3 is 17.2 Å². The van der Waals surface area contributed by atoms with Crippen LogP contribution in [-0.4, -0.2) is 18.6 Å². The quantitative estimate of drug-likeness (QED) is 0.501. The van der Waals surface area contributed by atoms with Crippen molar-refractivity contribution < 1.29 is 0 Å². The van der Waals surface area contributed by atoms with Crippen molar-refractivity contribution in [1.82, 2.24) is 0 Å². The summed E-state index contributed by atoms with van der Waals surface area (Å²) in [5.74, 6) is 0. The highest BCUT2D eigenvalue weighted by Crippen LogP contribution is 1.99. The number of unbranched alkanes of at least 4 members (excludes halogenated alkanes) is 1. The van der Waals surface area contributed by atoms with Gasteiger partial charge in [-0.1, -0.05) is 19.8 Å². The maximum atomic E-state index is 5.71. The summed E-state index contributed by atoms with van der Waals surface area (Å²) in [4.78, 5) is 0. The minimum absolute atomic E-state index is 0.0217. The summed E-state index contributed by atoms with van der Waals surface area (Å²) >= 11 is 0. The van der Waals surface area contributed by atoms with Crippen LogP contribution in [0.25, 0.3) is 0 Å². The molecule has 2 atom stereocenters. The number of nitrogens with two attached hydrogens (primary N) is 3. The molecule has 3 heteroatoms. The average molecular weight is 145 g/mol. The van der Waals surface area contributed by atoms with E-state index in [2.05, 4.69) is 6.92 Å². The van der Waals surface area contributed by atoms with E-state index >= 15 is 0 Å². The predicted octanol–water partition coefficient (Wildman–Crippen LogP) is -0.210. The number of hydrogen-bond acceptors (Lipinski definition) is 3. The Morgan fingerprint density at radius 2 is 1.80 bits per heavy atom. The van der Waals surface area contributed by atoms with Crippen LogP contribution in [-0.2, 0) is 0 Å². The SMILES string of the molecule is CCCCC(N)C(N)CN. The molecule has 0 heterocycles. The van der Waals surface area contributed by atoms with Crippen LogP contribution in [0.1, 0.15) is 26.2 Å². The summed E-state index contributed by atoms with van der Waals surface area (Å²) in [6, 6.07) is 0.0662. The first kappa shape index (κ1) is 9.88. The first-order chi connectivity index (χ1) is 4.72. The first-order valence-electron chi connectivity index (χ1n) is 3.93. The predicted molar refractivity (Wildman–Crippen MR) is 44.5 cm³/mol. The second-order valence-electron chi connectivity index (χ2n) is 2.71. The fourth-order valence-corrected chi connectivity index (χ4v) is 0.829. The molecular weight excluding hydrogens is 126 g/mol. The first-order valence-corrected chi connectivity index (χ1v) is 3.93. The Bertz CT molecular complexity index is 75.3. The Labute approximate surface area is 62.9 Å². The Hall–Kier alpha value is -0.120. The minimum Gasteiger partial charge on any atom is -0.329 e. The van der Waals surface area contributed by atoms with Crippen LogP contribution in [0.5, 0.6) is 0 Å². The molecule has 0 saturated carbocycles. The van der Waals surface area contributed by atoms with Crippen molar-refractivity contribution >= 4 is 0 Å². The van der Waals surface area contributed by atoms with Gasteiger partial charge in [0.15, 0.2) is 0 Å². The van der Waals surface area contributed by atoms with Gasteiger partial charge in [-0.25, -0.2) is 0 Å². The van der Waals surface area contributed by atoms with Gasteiger partial charge in [-0.05, 0) is 6.42 Å². The van der Waals surface area contributed by atoms with Crippen LogP contribution in [0, 0.1) is 0 Å². The molecule has 0 fully saturated rings. The zero-order valence-electron chi connectivity index (χ0n) is 6.72. The lowest BCUT2D eigenvalue weighted by Crippen LogP contribution is -2.46. The fraction of sp³-hybridized carbons (Fsp3) is 1.00. The maximum Gasteiger partial charge on any atom is 0.0317 e. The molecule has 62 valence electrons.